The number of rotatable bonds is 10. The van der Waals surface area contributed by atoms with Crippen molar-refractivity contribution >= 4 is 34.7 Å². The molecule has 0 atom stereocenters. The van der Waals surface area contributed by atoms with Gasteiger partial charge in [-0.05, 0) is 22.3 Å². The molecule has 0 aromatic heterocycles. The average molecular weight is 723 g/mol. The first-order valence-corrected chi connectivity index (χ1v) is 16.2. The van der Waals surface area contributed by atoms with Crippen molar-refractivity contribution in [3.63, 3.8) is 0 Å². The maximum absolute atomic E-state index is 12.2. The summed E-state index contributed by atoms with van der Waals surface area (Å²) in [5.41, 5.74) is 5.10. The third-order valence-electron chi connectivity index (χ3n) is 8.75. The molecule has 0 radical (unpaired) electrons. The van der Waals surface area contributed by atoms with E-state index >= 15 is 0 Å². The minimum absolute atomic E-state index is 0. The summed E-state index contributed by atoms with van der Waals surface area (Å²) in [7, 11) is 3.18. The molecule has 0 unspecified atom stereocenters. The van der Waals surface area contributed by atoms with Crippen LogP contribution in [0.2, 0.25) is 0 Å². The smallest absolute Gasteiger partial charge is 1.00 e. The van der Waals surface area contributed by atoms with E-state index in [2.05, 4.69) is 114 Å². The predicted molar refractivity (Wildman–Crippen MR) is 191 cm³/mol. The van der Waals surface area contributed by atoms with Gasteiger partial charge in [0.25, 0.3) is 5.91 Å². The van der Waals surface area contributed by atoms with Crippen LogP contribution in [0.15, 0.2) is 121 Å². The molecule has 6 rings (SSSR count). The number of carbonyl (C=O) groups excluding carboxylic acids is 2. The number of nitrogens with zero attached hydrogens (tertiary/aromatic N) is 3. The topological polar surface area (TPSA) is 53.1 Å². The van der Waals surface area contributed by atoms with Gasteiger partial charge in [-0.2, -0.15) is 6.92 Å². The van der Waals surface area contributed by atoms with E-state index in [4.69, 9.17) is 4.84 Å². The van der Waals surface area contributed by atoms with Crippen molar-refractivity contribution in [1.82, 2.24) is 14.9 Å². The van der Waals surface area contributed by atoms with E-state index in [1.807, 2.05) is 31.2 Å². The third-order valence-corrected chi connectivity index (χ3v) is 8.75. The second kappa shape index (κ2) is 21.3. The van der Waals surface area contributed by atoms with Crippen molar-refractivity contribution in [2.45, 2.75) is 32.4 Å². The number of carbonyl (C=O) groups is 2. The summed E-state index contributed by atoms with van der Waals surface area (Å²) in [5.74, 6) is 0.676. The van der Waals surface area contributed by atoms with Gasteiger partial charge in [0.1, 0.15) is 5.78 Å². The summed E-state index contributed by atoms with van der Waals surface area (Å²) in [4.78, 5) is 33.7. The molecule has 2 heterocycles. The predicted octanol–water partition coefficient (Wildman–Crippen LogP) is 3.88. The molecule has 2 aliphatic rings. The van der Waals surface area contributed by atoms with Crippen LogP contribution in [-0.2, 0) is 14.4 Å². The van der Waals surface area contributed by atoms with Crippen molar-refractivity contribution in [1.29, 1.82) is 0 Å². The van der Waals surface area contributed by atoms with Crippen LogP contribution >= 0.6 is 0 Å². The largest absolute Gasteiger partial charge is 2.00 e. The fraction of sp³-hybridized carbons (Fsp3) is 0.325. The zero-order chi connectivity index (χ0) is 32.9. The Balaban J connectivity index is 0.000000306. The first kappa shape index (κ1) is 41.3. The monoisotopic (exact) mass is 721 g/mol. The Bertz CT molecular complexity index is 1390. The summed E-state index contributed by atoms with van der Waals surface area (Å²) in [6, 6.07) is 42.5. The minimum atomic E-state index is 0. The van der Waals surface area contributed by atoms with Crippen molar-refractivity contribution < 1.29 is 31.4 Å². The van der Waals surface area contributed by atoms with Gasteiger partial charge in [-0.3, -0.25) is 24.2 Å². The van der Waals surface area contributed by atoms with Gasteiger partial charge in [-0.15, -0.1) is 0 Å². The maximum atomic E-state index is 12.2. The number of halogens is 1. The van der Waals surface area contributed by atoms with Gasteiger partial charge in [0, 0.05) is 45.6 Å². The van der Waals surface area contributed by atoms with Crippen LogP contribution in [0, 0.1) is 18.8 Å². The molecule has 0 saturated carbocycles. The second-order valence-electron chi connectivity index (χ2n) is 11.6. The number of hydrogen-bond donors (Lipinski definition) is 0. The van der Waals surface area contributed by atoms with E-state index in [0.29, 0.717) is 12.2 Å². The van der Waals surface area contributed by atoms with E-state index in [-0.39, 0.29) is 69.9 Å². The first-order valence-electron chi connectivity index (χ1n) is 16.2. The van der Waals surface area contributed by atoms with Crippen LogP contribution in [0.5, 0.6) is 0 Å². The standard InChI is InChI=1S/C19H22N2O2.C19H21NO.C2H5.BrH.Mg/c1-20(23-2)19(22)17-13-21(14-17)18(15-9-5-3-6-10-15)16-11-7-4-8-12-16;1-2-18(21)17-13-20(14-17)19(15-9-5-3-6-10-15)16-11-7-4-8-12-16;1-2;;/h3-12,17-18H,13-14H2,1-2H3;3-12,17,19H,2,13-14H2,1H3;1H2,2H3;1H;/q;;-1;;+2/p-1. The number of likely N-dealkylation sites (tertiary alicyclic amines) is 2. The van der Waals surface area contributed by atoms with Crippen LogP contribution in [0.25, 0.3) is 0 Å². The zero-order valence-electron chi connectivity index (χ0n) is 28.8. The molecular formula is C40H48BrMgN3O3. The van der Waals surface area contributed by atoms with E-state index in [9.17, 15) is 9.59 Å². The van der Waals surface area contributed by atoms with Gasteiger partial charge in [-0.25, -0.2) is 5.06 Å². The zero-order valence-corrected chi connectivity index (χ0v) is 31.8. The van der Waals surface area contributed by atoms with Crippen LogP contribution in [-0.4, -0.2) is 89.9 Å². The number of Topliss-reactive ketones (excluding diaryl/α,β-unsaturated/α-hetero) is 1. The van der Waals surface area contributed by atoms with Crippen molar-refractivity contribution in [3.05, 3.63) is 151 Å². The summed E-state index contributed by atoms with van der Waals surface area (Å²) >= 11 is 0. The quantitative estimate of drug-likeness (QED) is 0.142. The molecule has 8 heteroatoms. The fourth-order valence-electron chi connectivity index (χ4n) is 6.21. The van der Waals surface area contributed by atoms with Gasteiger partial charge < -0.3 is 23.9 Å². The van der Waals surface area contributed by atoms with Crippen molar-refractivity contribution in [2.75, 3.05) is 40.3 Å². The molecule has 1 amide bonds. The van der Waals surface area contributed by atoms with E-state index in [1.54, 1.807) is 14.0 Å². The Labute approximate surface area is 314 Å². The normalized spacial score (nSPS) is 14.5. The fourth-order valence-corrected chi connectivity index (χ4v) is 6.21. The second-order valence-corrected chi connectivity index (χ2v) is 11.6. The molecule has 48 heavy (non-hydrogen) atoms. The average Bonchev–Trinajstić information content (AvgIpc) is 3.09. The van der Waals surface area contributed by atoms with Gasteiger partial charge in [0.05, 0.1) is 25.1 Å². The summed E-state index contributed by atoms with van der Waals surface area (Å²) in [6.45, 7) is 10.2. The molecule has 0 N–H and O–H groups in total. The minimum Gasteiger partial charge on any atom is -1.00 e. The van der Waals surface area contributed by atoms with Gasteiger partial charge in [-0.1, -0.05) is 128 Å². The summed E-state index contributed by atoms with van der Waals surface area (Å²) < 4.78 is 0. The van der Waals surface area contributed by atoms with E-state index in [1.165, 1.54) is 34.4 Å². The number of amides is 1. The number of benzene rings is 4. The van der Waals surface area contributed by atoms with Gasteiger partial charge in [0.15, 0.2) is 0 Å². The van der Waals surface area contributed by atoms with E-state index in [0.717, 1.165) is 26.2 Å². The van der Waals surface area contributed by atoms with Crippen molar-refractivity contribution in [2.24, 2.45) is 11.8 Å². The molecule has 0 aliphatic carbocycles. The molecular weight excluding hydrogens is 675 g/mol. The van der Waals surface area contributed by atoms with Crippen LogP contribution in [0.4, 0.5) is 0 Å². The third kappa shape index (κ3) is 10.6. The molecule has 6 nitrogen and oxygen atoms in total. The van der Waals surface area contributed by atoms with Crippen LogP contribution in [0.1, 0.15) is 54.6 Å². The Morgan fingerprint density at radius 1 is 0.667 bits per heavy atom. The van der Waals surface area contributed by atoms with E-state index < -0.39 is 0 Å². The molecule has 0 bridgehead atoms. The SMILES string of the molecule is CCC(=O)C1CN(C(c2ccccc2)c2ccccc2)C1.CON(C)C(=O)C1CN(C(c2ccccc2)c2ccccc2)C1.[Br-].[CH2-]C.[Mg+2]. The molecule has 2 aliphatic heterocycles. The number of hydrogen-bond acceptors (Lipinski definition) is 5. The Morgan fingerprint density at radius 2 is 0.958 bits per heavy atom. The molecule has 2 saturated heterocycles. The summed E-state index contributed by atoms with van der Waals surface area (Å²) in [6.07, 6.45) is 0.653. The van der Waals surface area contributed by atoms with Crippen molar-refractivity contribution in [3.8, 4) is 0 Å². The van der Waals surface area contributed by atoms with Gasteiger partial charge in [0.2, 0.25) is 0 Å². The first-order chi connectivity index (χ1) is 22.5. The Morgan fingerprint density at radius 3 is 1.23 bits per heavy atom. The van der Waals surface area contributed by atoms with Crippen LogP contribution < -0.4 is 17.0 Å². The molecule has 0 spiro atoms. The molecule has 2 fully saturated rings. The number of hydroxylamine groups is 2. The number of ketones is 1. The molecule has 4 aromatic carbocycles. The Hall–Kier alpha value is -2.85. The molecule has 250 valence electrons. The Kier molecular flexibility index (Phi) is 18.3. The maximum Gasteiger partial charge on any atom is 2.00 e. The van der Waals surface area contributed by atoms with Gasteiger partial charge >= 0.3 is 23.1 Å². The summed E-state index contributed by atoms with van der Waals surface area (Å²) in [5, 5.41) is 1.32. The molecule has 4 aromatic rings. The van der Waals surface area contributed by atoms with Crippen LogP contribution in [0.3, 0.4) is 0 Å².